The maximum absolute atomic E-state index is 13.3. The number of amides is 2. The van der Waals surface area contributed by atoms with Crippen LogP contribution < -0.4 is 5.32 Å². The Kier molecular flexibility index (Phi) is 10.2. The van der Waals surface area contributed by atoms with E-state index in [2.05, 4.69) is 5.32 Å². The Labute approximate surface area is 215 Å². The van der Waals surface area contributed by atoms with Crippen molar-refractivity contribution in [1.29, 1.82) is 0 Å². The van der Waals surface area contributed by atoms with E-state index in [-0.39, 0.29) is 23.6 Å². The molecule has 0 saturated heterocycles. The third-order valence-electron chi connectivity index (χ3n) is 5.81. The lowest BCUT2D eigenvalue weighted by atomic mass is 10.1. The monoisotopic (exact) mass is 526 g/mol. The van der Waals surface area contributed by atoms with Crippen molar-refractivity contribution in [2.75, 3.05) is 5.75 Å². The first-order valence-electron chi connectivity index (χ1n) is 11.2. The molecule has 0 radical (unpaired) electrons. The van der Waals surface area contributed by atoms with E-state index < -0.39 is 6.04 Å². The molecule has 1 atom stereocenters. The highest BCUT2D eigenvalue weighted by Gasteiger charge is 2.30. The van der Waals surface area contributed by atoms with Crippen LogP contribution in [0.5, 0.6) is 0 Å². The van der Waals surface area contributed by atoms with Crippen molar-refractivity contribution in [1.82, 2.24) is 10.2 Å². The number of benzene rings is 2. The summed E-state index contributed by atoms with van der Waals surface area (Å²) in [6.07, 6.45) is 4.79. The maximum atomic E-state index is 13.3. The zero-order chi connectivity index (χ0) is 23.8. The molecular weight excluding hydrogens is 499 g/mol. The van der Waals surface area contributed by atoms with Crippen molar-refractivity contribution in [3.8, 4) is 0 Å². The van der Waals surface area contributed by atoms with Crippen LogP contribution in [0, 0.1) is 0 Å². The normalized spacial score (nSPS) is 14.8. The van der Waals surface area contributed by atoms with Gasteiger partial charge in [-0.05, 0) is 54.7 Å². The molecule has 0 unspecified atom stereocenters. The molecule has 33 heavy (non-hydrogen) atoms. The van der Waals surface area contributed by atoms with E-state index in [1.807, 2.05) is 37.3 Å². The molecule has 3 rings (SSSR count). The maximum Gasteiger partial charge on any atom is 0.243 e. The third-order valence-corrected chi connectivity index (χ3v) is 7.77. The summed E-state index contributed by atoms with van der Waals surface area (Å²) in [6.45, 7) is 2.23. The van der Waals surface area contributed by atoms with Crippen molar-refractivity contribution >= 4 is 58.4 Å². The van der Waals surface area contributed by atoms with Gasteiger partial charge in [-0.1, -0.05) is 72.8 Å². The molecule has 1 aliphatic rings. The van der Waals surface area contributed by atoms with E-state index in [4.69, 9.17) is 34.8 Å². The highest BCUT2D eigenvalue weighted by molar-refractivity contribution is 7.99. The highest BCUT2D eigenvalue weighted by atomic mass is 35.5. The lowest BCUT2D eigenvalue weighted by Gasteiger charge is -2.31. The molecule has 0 aromatic heterocycles. The van der Waals surface area contributed by atoms with Gasteiger partial charge in [-0.15, -0.1) is 11.8 Å². The Morgan fingerprint density at radius 1 is 1.06 bits per heavy atom. The molecule has 1 fully saturated rings. The number of nitrogens with one attached hydrogen (secondary N) is 1. The standard InChI is InChI=1S/C25H29Cl3N2O2S/c1-2-23(25(32)29-20-8-3-4-9-20)30(14-17-10-11-21(27)22(28)13-17)24(31)16-33-15-18-6-5-7-19(26)12-18/h5-7,10-13,20,23H,2-4,8-9,14-16H2,1H3,(H,29,32)/t23-/m0/s1. The van der Waals surface area contributed by atoms with Gasteiger partial charge in [0.1, 0.15) is 6.04 Å². The summed E-state index contributed by atoms with van der Waals surface area (Å²) in [5, 5.41) is 4.72. The molecule has 178 valence electrons. The van der Waals surface area contributed by atoms with Crippen LogP contribution in [-0.2, 0) is 21.9 Å². The first kappa shape index (κ1) is 26.2. The molecule has 0 spiro atoms. The van der Waals surface area contributed by atoms with Crippen LogP contribution in [-0.4, -0.2) is 34.6 Å². The number of thioether (sulfide) groups is 1. The Morgan fingerprint density at radius 2 is 1.82 bits per heavy atom. The van der Waals surface area contributed by atoms with Gasteiger partial charge in [0.25, 0.3) is 0 Å². The number of nitrogens with zero attached hydrogens (tertiary/aromatic N) is 1. The van der Waals surface area contributed by atoms with Gasteiger partial charge in [-0.2, -0.15) is 0 Å². The van der Waals surface area contributed by atoms with Gasteiger partial charge in [0.05, 0.1) is 15.8 Å². The summed E-state index contributed by atoms with van der Waals surface area (Å²) < 4.78 is 0. The van der Waals surface area contributed by atoms with Gasteiger partial charge in [0, 0.05) is 23.4 Å². The van der Waals surface area contributed by atoms with Crippen molar-refractivity contribution in [3.63, 3.8) is 0 Å². The minimum absolute atomic E-state index is 0.0819. The number of rotatable bonds is 10. The molecule has 1 aliphatic carbocycles. The second kappa shape index (κ2) is 12.9. The summed E-state index contributed by atoms with van der Waals surface area (Å²) in [5.41, 5.74) is 1.90. The average molecular weight is 528 g/mol. The second-order valence-electron chi connectivity index (χ2n) is 8.31. The van der Waals surface area contributed by atoms with E-state index >= 15 is 0 Å². The van der Waals surface area contributed by atoms with Crippen LogP contribution in [0.25, 0.3) is 0 Å². The van der Waals surface area contributed by atoms with Crippen LogP contribution in [0.2, 0.25) is 15.1 Å². The summed E-state index contributed by atoms with van der Waals surface area (Å²) in [7, 11) is 0. The lowest BCUT2D eigenvalue weighted by Crippen LogP contribution is -2.51. The fourth-order valence-corrected chi connectivity index (χ4v) is 5.48. The zero-order valence-electron chi connectivity index (χ0n) is 18.7. The van der Waals surface area contributed by atoms with Crippen LogP contribution in [0.4, 0.5) is 0 Å². The molecule has 4 nitrogen and oxygen atoms in total. The Bertz CT molecular complexity index is 966. The van der Waals surface area contributed by atoms with Crippen molar-refractivity contribution in [2.45, 2.75) is 63.4 Å². The molecule has 0 heterocycles. The predicted molar refractivity (Wildman–Crippen MR) is 139 cm³/mol. The minimum atomic E-state index is -0.542. The molecule has 2 aromatic rings. The largest absolute Gasteiger partial charge is 0.352 e. The van der Waals surface area contributed by atoms with Gasteiger partial charge in [0.15, 0.2) is 0 Å². The molecule has 0 bridgehead atoms. The summed E-state index contributed by atoms with van der Waals surface area (Å²) in [4.78, 5) is 28.2. The van der Waals surface area contributed by atoms with Crippen LogP contribution in [0.15, 0.2) is 42.5 Å². The van der Waals surface area contributed by atoms with E-state index in [1.54, 1.807) is 17.0 Å². The summed E-state index contributed by atoms with van der Waals surface area (Å²) in [5.74, 6) is 0.762. The fourth-order valence-electron chi connectivity index (χ4n) is 4.09. The van der Waals surface area contributed by atoms with Gasteiger partial charge >= 0.3 is 0 Å². The summed E-state index contributed by atoms with van der Waals surface area (Å²) >= 11 is 19.8. The molecule has 0 aliphatic heterocycles. The Morgan fingerprint density at radius 3 is 2.48 bits per heavy atom. The minimum Gasteiger partial charge on any atom is -0.352 e. The van der Waals surface area contributed by atoms with Crippen molar-refractivity contribution in [3.05, 3.63) is 68.7 Å². The van der Waals surface area contributed by atoms with E-state index in [9.17, 15) is 9.59 Å². The third kappa shape index (κ3) is 7.81. The SMILES string of the molecule is CC[C@@H](C(=O)NC1CCCC1)N(Cc1ccc(Cl)c(Cl)c1)C(=O)CSCc1cccc(Cl)c1. The quantitative estimate of drug-likeness (QED) is 0.372. The highest BCUT2D eigenvalue weighted by Crippen LogP contribution is 2.25. The van der Waals surface area contributed by atoms with E-state index in [0.717, 1.165) is 36.8 Å². The fraction of sp³-hybridized carbons (Fsp3) is 0.440. The van der Waals surface area contributed by atoms with Crippen LogP contribution in [0.3, 0.4) is 0 Å². The number of halogens is 3. The van der Waals surface area contributed by atoms with Crippen molar-refractivity contribution < 1.29 is 9.59 Å². The average Bonchev–Trinajstić information content (AvgIpc) is 3.29. The topological polar surface area (TPSA) is 49.4 Å². The number of carbonyl (C=O) groups excluding carboxylic acids is 2. The zero-order valence-corrected chi connectivity index (χ0v) is 21.7. The molecule has 2 amide bonds. The summed E-state index contributed by atoms with van der Waals surface area (Å²) in [6, 6.07) is 12.6. The van der Waals surface area contributed by atoms with Crippen LogP contribution >= 0.6 is 46.6 Å². The Hall–Kier alpha value is -1.40. The first-order chi connectivity index (χ1) is 15.9. The number of hydrogen-bond acceptors (Lipinski definition) is 3. The van der Waals surface area contributed by atoms with Gasteiger partial charge < -0.3 is 10.2 Å². The first-order valence-corrected chi connectivity index (χ1v) is 13.5. The van der Waals surface area contributed by atoms with Gasteiger partial charge in [-0.3, -0.25) is 9.59 Å². The molecule has 1 N–H and O–H groups in total. The predicted octanol–water partition coefficient (Wildman–Crippen LogP) is 6.75. The number of carbonyl (C=O) groups is 2. The Balaban J connectivity index is 1.72. The molecular formula is C25H29Cl3N2O2S. The van der Waals surface area contributed by atoms with Gasteiger partial charge in [0.2, 0.25) is 11.8 Å². The van der Waals surface area contributed by atoms with E-state index in [0.29, 0.717) is 33.8 Å². The molecule has 1 saturated carbocycles. The number of hydrogen-bond donors (Lipinski definition) is 1. The van der Waals surface area contributed by atoms with Crippen molar-refractivity contribution in [2.24, 2.45) is 0 Å². The molecule has 2 aromatic carbocycles. The smallest absolute Gasteiger partial charge is 0.243 e. The van der Waals surface area contributed by atoms with Crippen LogP contribution in [0.1, 0.15) is 50.2 Å². The lowest BCUT2D eigenvalue weighted by molar-refractivity contribution is -0.139. The second-order valence-corrected chi connectivity index (χ2v) is 10.5. The van der Waals surface area contributed by atoms with E-state index in [1.165, 1.54) is 11.8 Å². The molecule has 8 heteroatoms. The van der Waals surface area contributed by atoms with Gasteiger partial charge in [-0.25, -0.2) is 0 Å².